The Morgan fingerprint density at radius 3 is 2.78 bits per heavy atom. The number of rotatable bonds is 7. The molecule has 1 aliphatic rings. The second-order valence-corrected chi connectivity index (χ2v) is 10.5. The molecular weight excluding hydrogens is 466 g/mol. The molecule has 1 aliphatic carbocycles. The molecule has 0 fully saturated rings. The van der Waals surface area contributed by atoms with E-state index in [1.807, 2.05) is 35.9 Å². The monoisotopic (exact) mass is 489 g/mol. The number of anilines is 1. The number of hydrogen-bond donors (Lipinski definition) is 2. The van der Waals surface area contributed by atoms with E-state index in [9.17, 15) is 9.59 Å². The molecule has 32 heavy (non-hydrogen) atoms. The zero-order valence-corrected chi connectivity index (χ0v) is 20.2. The first kappa shape index (κ1) is 22.8. The lowest BCUT2D eigenvalue weighted by Gasteiger charge is -2.18. The first-order valence-corrected chi connectivity index (χ1v) is 12.5. The molecule has 2 aromatic heterocycles. The van der Waals surface area contributed by atoms with Gasteiger partial charge in [-0.25, -0.2) is 0 Å². The number of benzene rings is 1. The van der Waals surface area contributed by atoms with Crippen molar-refractivity contribution in [3.8, 4) is 0 Å². The second-order valence-electron chi connectivity index (χ2n) is 8.02. The van der Waals surface area contributed by atoms with Gasteiger partial charge in [0.1, 0.15) is 10.8 Å². The van der Waals surface area contributed by atoms with Crippen molar-refractivity contribution in [2.45, 2.75) is 37.8 Å². The van der Waals surface area contributed by atoms with Crippen molar-refractivity contribution < 1.29 is 9.59 Å². The third-order valence-corrected chi connectivity index (χ3v) is 7.99. The topological polar surface area (TPSA) is 103 Å². The van der Waals surface area contributed by atoms with Crippen LogP contribution in [0.1, 0.15) is 45.5 Å². The Bertz CT molecular complexity index is 1160. The molecule has 7 nitrogen and oxygen atoms in total. The van der Waals surface area contributed by atoms with E-state index < -0.39 is 5.91 Å². The largest absolute Gasteiger partial charge is 0.365 e. The van der Waals surface area contributed by atoms with Crippen LogP contribution in [-0.2, 0) is 31.1 Å². The Labute approximate surface area is 199 Å². The van der Waals surface area contributed by atoms with Crippen LogP contribution in [0.3, 0.4) is 0 Å². The van der Waals surface area contributed by atoms with Crippen molar-refractivity contribution in [3.63, 3.8) is 0 Å². The van der Waals surface area contributed by atoms with E-state index >= 15 is 0 Å². The normalized spacial score (nSPS) is 15.4. The second kappa shape index (κ2) is 9.64. The number of primary amides is 1. The van der Waals surface area contributed by atoms with E-state index in [-0.39, 0.29) is 11.7 Å². The van der Waals surface area contributed by atoms with Crippen LogP contribution in [0.25, 0.3) is 0 Å². The summed E-state index contributed by atoms with van der Waals surface area (Å²) >= 11 is 8.71. The van der Waals surface area contributed by atoms with Gasteiger partial charge in [-0.05, 0) is 48.4 Å². The number of halogens is 1. The smallest absolute Gasteiger partial charge is 0.251 e. The zero-order valence-electron chi connectivity index (χ0n) is 17.9. The third-order valence-electron chi connectivity index (χ3n) is 5.54. The van der Waals surface area contributed by atoms with Crippen LogP contribution < -0.4 is 11.1 Å². The lowest BCUT2D eigenvalue weighted by molar-refractivity contribution is -0.113. The molecule has 2 heterocycles. The maximum absolute atomic E-state index is 12.6. The number of hydrogen-bond acceptors (Lipinski definition) is 6. The van der Waals surface area contributed by atoms with E-state index in [0.29, 0.717) is 33.1 Å². The molecule has 2 amide bonds. The molecule has 10 heteroatoms. The number of fused-ring (bicyclic) bond motifs is 1. The van der Waals surface area contributed by atoms with Crippen LogP contribution in [0, 0.1) is 5.92 Å². The Kier molecular flexibility index (Phi) is 6.88. The maximum Gasteiger partial charge on any atom is 0.251 e. The van der Waals surface area contributed by atoms with Gasteiger partial charge in [-0.3, -0.25) is 9.59 Å². The van der Waals surface area contributed by atoms with Crippen LogP contribution in [0.4, 0.5) is 5.00 Å². The Morgan fingerprint density at radius 1 is 1.31 bits per heavy atom. The molecule has 0 aliphatic heterocycles. The lowest BCUT2D eigenvalue weighted by Crippen LogP contribution is -2.20. The van der Waals surface area contributed by atoms with Gasteiger partial charge in [-0.2, -0.15) is 0 Å². The van der Waals surface area contributed by atoms with Gasteiger partial charge in [0.05, 0.1) is 11.3 Å². The van der Waals surface area contributed by atoms with Gasteiger partial charge >= 0.3 is 0 Å². The van der Waals surface area contributed by atoms with Gasteiger partial charge in [-0.15, -0.1) is 21.5 Å². The summed E-state index contributed by atoms with van der Waals surface area (Å²) in [4.78, 5) is 25.8. The molecule has 3 N–H and O–H groups in total. The van der Waals surface area contributed by atoms with Crippen molar-refractivity contribution in [1.29, 1.82) is 0 Å². The molecule has 0 saturated heterocycles. The third kappa shape index (κ3) is 5.00. The Hall–Kier alpha value is -2.36. The highest BCUT2D eigenvalue weighted by Crippen LogP contribution is 2.39. The summed E-state index contributed by atoms with van der Waals surface area (Å²) in [5.74, 6) is 0.834. The van der Waals surface area contributed by atoms with Crippen LogP contribution >= 0.6 is 34.7 Å². The number of amides is 2. The molecule has 3 aromatic rings. The summed E-state index contributed by atoms with van der Waals surface area (Å²) in [6, 6.07) is 7.59. The average Bonchev–Trinajstić information content (AvgIpc) is 3.27. The van der Waals surface area contributed by atoms with Gasteiger partial charge in [0.25, 0.3) is 5.91 Å². The summed E-state index contributed by atoms with van der Waals surface area (Å²) in [7, 11) is 1.88. The molecule has 1 unspecified atom stereocenters. The van der Waals surface area contributed by atoms with Gasteiger partial charge in [0.2, 0.25) is 5.91 Å². The highest BCUT2D eigenvalue weighted by Gasteiger charge is 2.27. The summed E-state index contributed by atoms with van der Waals surface area (Å²) in [6.07, 6.45) is 3.39. The molecule has 1 atom stereocenters. The minimum absolute atomic E-state index is 0.157. The number of thiophene rings is 1. The maximum atomic E-state index is 12.6. The zero-order chi connectivity index (χ0) is 22.8. The van der Waals surface area contributed by atoms with Gasteiger partial charge < -0.3 is 15.6 Å². The van der Waals surface area contributed by atoms with E-state index in [4.69, 9.17) is 17.3 Å². The van der Waals surface area contributed by atoms with E-state index in [1.54, 1.807) is 0 Å². The summed E-state index contributed by atoms with van der Waals surface area (Å²) < 4.78 is 1.88. The number of thioether (sulfide) groups is 1. The summed E-state index contributed by atoms with van der Waals surface area (Å²) in [5, 5.41) is 13.3. The van der Waals surface area contributed by atoms with Crippen LogP contribution in [0.2, 0.25) is 5.02 Å². The molecule has 1 aromatic carbocycles. The Morgan fingerprint density at radius 2 is 2.06 bits per heavy atom. The molecule has 4 rings (SSSR count). The molecule has 168 valence electrons. The molecular formula is C22H24ClN5O2S2. The fourth-order valence-electron chi connectivity index (χ4n) is 3.80. The summed E-state index contributed by atoms with van der Waals surface area (Å²) in [6.45, 7) is 2.20. The van der Waals surface area contributed by atoms with E-state index in [1.165, 1.54) is 23.1 Å². The molecule has 0 radical (unpaired) electrons. The van der Waals surface area contributed by atoms with Gasteiger partial charge in [0, 0.05) is 23.4 Å². The highest BCUT2D eigenvalue weighted by atomic mass is 35.5. The van der Waals surface area contributed by atoms with Crippen LogP contribution in [-0.4, -0.2) is 32.3 Å². The minimum atomic E-state index is -0.486. The Balaban J connectivity index is 1.40. The number of nitrogens with two attached hydrogens (primary N) is 1. The molecule has 0 bridgehead atoms. The van der Waals surface area contributed by atoms with Gasteiger partial charge in [-0.1, -0.05) is 42.4 Å². The quantitative estimate of drug-likeness (QED) is 0.487. The van der Waals surface area contributed by atoms with Gasteiger partial charge in [0.15, 0.2) is 5.16 Å². The van der Waals surface area contributed by atoms with Crippen molar-refractivity contribution in [2.75, 3.05) is 11.1 Å². The van der Waals surface area contributed by atoms with Crippen molar-refractivity contribution in [1.82, 2.24) is 14.8 Å². The highest BCUT2D eigenvalue weighted by molar-refractivity contribution is 7.99. The SMILES string of the molecule is CC1CCc2c(sc(NC(=O)CSc3nnc(Cc4ccc(Cl)cc4)n3C)c2C(N)=O)C1. The number of nitrogens with zero attached hydrogens (tertiary/aromatic N) is 3. The standard InChI is InChI=1S/C22H24ClN5O2S2/c1-12-3-8-15-16(9-12)32-21(19(15)20(24)30)25-18(29)11-31-22-27-26-17(28(22)2)10-13-4-6-14(23)7-5-13/h4-7,12H,3,8-11H2,1-2H3,(H2,24,30)(H,25,29). The number of carbonyl (C=O) groups excluding carboxylic acids is 2. The first-order valence-electron chi connectivity index (χ1n) is 10.3. The lowest BCUT2D eigenvalue weighted by atomic mass is 9.88. The van der Waals surface area contributed by atoms with Crippen molar-refractivity contribution in [2.24, 2.45) is 18.7 Å². The van der Waals surface area contributed by atoms with Crippen molar-refractivity contribution >= 4 is 51.5 Å². The predicted octanol–water partition coefficient (Wildman–Crippen LogP) is 4.08. The minimum Gasteiger partial charge on any atom is -0.365 e. The number of carbonyl (C=O) groups is 2. The number of aromatic nitrogens is 3. The fourth-order valence-corrected chi connectivity index (χ4v) is 6.09. The first-order chi connectivity index (χ1) is 15.3. The molecule has 0 saturated carbocycles. The fraction of sp³-hybridized carbons (Fsp3) is 0.364. The van der Waals surface area contributed by atoms with Crippen LogP contribution in [0.15, 0.2) is 29.4 Å². The predicted molar refractivity (Wildman–Crippen MR) is 129 cm³/mol. The molecule has 0 spiro atoms. The van der Waals surface area contributed by atoms with Crippen LogP contribution in [0.5, 0.6) is 0 Å². The number of nitrogens with one attached hydrogen (secondary N) is 1. The van der Waals surface area contributed by atoms with Crippen molar-refractivity contribution in [3.05, 3.63) is 56.7 Å². The average molecular weight is 490 g/mol. The van der Waals surface area contributed by atoms with E-state index in [2.05, 4.69) is 22.4 Å². The van der Waals surface area contributed by atoms with E-state index in [0.717, 1.165) is 41.1 Å². The summed E-state index contributed by atoms with van der Waals surface area (Å²) in [5.41, 5.74) is 8.19.